The van der Waals surface area contributed by atoms with Gasteiger partial charge in [0.15, 0.2) is 0 Å². The van der Waals surface area contributed by atoms with Crippen molar-refractivity contribution >= 4 is 40.3 Å². The van der Waals surface area contributed by atoms with Crippen LogP contribution in [-0.4, -0.2) is 50.8 Å². The molecular formula is C29H31N3O3S2. The smallest absolute Gasteiger partial charge is 0.266 e. The Morgan fingerprint density at radius 3 is 2.68 bits per heavy atom. The number of carbonyl (C=O) groups is 1. The first-order valence-corrected chi connectivity index (χ1v) is 14.0. The molecule has 1 amide bonds. The van der Waals surface area contributed by atoms with Crippen molar-refractivity contribution < 1.29 is 14.3 Å². The molecule has 0 unspecified atom stereocenters. The van der Waals surface area contributed by atoms with Crippen LogP contribution in [0.4, 0.5) is 0 Å². The number of amides is 1. The van der Waals surface area contributed by atoms with Crippen molar-refractivity contribution in [3.63, 3.8) is 0 Å². The van der Waals surface area contributed by atoms with Crippen LogP contribution in [0.25, 0.3) is 23.0 Å². The van der Waals surface area contributed by atoms with Gasteiger partial charge in [0.25, 0.3) is 5.91 Å². The third-order valence-electron chi connectivity index (χ3n) is 6.43. The van der Waals surface area contributed by atoms with E-state index in [-0.39, 0.29) is 12.0 Å². The van der Waals surface area contributed by atoms with Gasteiger partial charge in [0.1, 0.15) is 10.1 Å². The molecule has 3 heterocycles. The maximum atomic E-state index is 13.3. The SMILES string of the molecule is CC(C)CCOc1ccc(-c2nn(-c3ccccc3)cc2/C=C2\SC(=S)N(C[C@H]3CCCO3)C2=O)cc1. The van der Waals surface area contributed by atoms with Crippen molar-refractivity contribution in [2.45, 2.75) is 39.2 Å². The van der Waals surface area contributed by atoms with Crippen molar-refractivity contribution in [2.75, 3.05) is 19.8 Å². The zero-order chi connectivity index (χ0) is 25.8. The zero-order valence-corrected chi connectivity index (χ0v) is 22.8. The van der Waals surface area contributed by atoms with Crippen LogP contribution in [0.1, 0.15) is 38.7 Å². The molecule has 2 aliphatic heterocycles. The minimum atomic E-state index is -0.0715. The second-order valence-electron chi connectivity index (χ2n) is 9.70. The van der Waals surface area contributed by atoms with Gasteiger partial charge >= 0.3 is 0 Å². The number of para-hydroxylation sites is 1. The maximum absolute atomic E-state index is 13.3. The lowest BCUT2D eigenvalue weighted by Crippen LogP contribution is -2.35. The van der Waals surface area contributed by atoms with Crippen LogP contribution in [-0.2, 0) is 9.53 Å². The van der Waals surface area contributed by atoms with E-state index in [1.165, 1.54) is 11.8 Å². The average molecular weight is 534 g/mol. The Labute approximate surface area is 227 Å². The van der Waals surface area contributed by atoms with Crippen molar-refractivity contribution in [3.05, 3.63) is 71.3 Å². The summed E-state index contributed by atoms with van der Waals surface area (Å²) in [4.78, 5) is 15.6. The second-order valence-corrected chi connectivity index (χ2v) is 11.4. The van der Waals surface area contributed by atoms with E-state index in [1.54, 1.807) is 4.90 Å². The molecule has 0 saturated carbocycles. The normalized spacial score (nSPS) is 18.9. The van der Waals surface area contributed by atoms with Gasteiger partial charge in [-0.05, 0) is 67.7 Å². The fourth-order valence-electron chi connectivity index (χ4n) is 4.34. The molecule has 1 aromatic heterocycles. The quantitative estimate of drug-likeness (QED) is 0.236. The van der Waals surface area contributed by atoms with E-state index in [0.717, 1.165) is 54.1 Å². The molecule has 0 N–H and O–H groups in total. The van der Waals surface area contributed by atoms with Gasteiger partial charge in [0, 0.05) is 23.9 Å². The third kappa shape index (κ3) is 6.14. The zero-order valence-electron chi connectivity index (χ0n) is 21.1. The first-order valence-electron chi connectivity index (χ1n) is 12.7. The van der Waals surface area contributed by atoms with E-state index in [1.807, 2.05) is 71.6 Å². The van der Waals surface area contributed by atoms with Gasteiger partial charge in [0.05, 0.1) is 35.5 Å². The van der Waals surface area contributed by atoms with Gasteiger partial charge in [-0.1, -0.05) is 56.0 Å². The number of hydrogen-bond donors (Lipinski definition) is 0. The van der Waals surface area contributed by atoms with Gasteiger partial charge in [-0.15, -0.1) is 0 Å². The van der Waals surface area contributed by atoms with Crippen molar-refractivity contribution in [3.8, 4) is 22.7 Å². The van der Waals surface area contributed by atoms with Crippen LogP contribution >= 0.6 is 24.0 Å². The first-order chi connectivity index (χ1) is 18.0. The molecule has 1 atom stereocenters. The van der Waals surface area contributed by atoms with Crippen LogP contribution in [0, 0.1) is 5.92 Å². The predicted molar refractivity (Wildman–Crippen MR) is 153 cm³/mol. The standard InChI is InChI=1S/C29H31N3O3S2/c1-20(2)14-16-35-24-12-10-21(11-13-24)27-22(18-32(30-27)23-7-4-3-5-8-23)17-26-28(33)31(29(36)37-26)19-25-9-6-15-34-25/h3-5,7-8,10-13,17-18,20,25H,6,9,14-16,19H2,1-2H3/b26-17-/t25-/m1/s1. The van der Waals surface area contributed by atoms with Crippen LogP contribution < -0.4 is 4.74 Å². The molecule has 3 aromatic rings. The van der Waals surface area contributed by atoms with Crippen LogP contribution in [0.5, 0.6) is 5.75 Å². The van der Waals surface area contributed by atoms with E-state index in [2.05, 4.69) is 13.8 Å². The largest absolute Gasteiger partial charge is 0.494 e. The summed E-state index contributed by atoms with van der Waals surface area (Å²) in [6.07, 6.45) is 6.92. The van der Waals surface area contributed by atoms with Crippen molar-refractivity contribution in [1.29, 1.82) is 0 Å². The summed E-state index contributed by atoms with van der Waals surface area (Å²) in [5.41, 5.74) is 3.55. The lowest BCUT2D eigenvalue weighted by molar-refractivity contribution is -0.123. The topological polar surface area (TPSA) is 56.6 Å². The second kappa shape index (κ2) is 11.6. The van der Waals surface area contributed by atoms with E-state index in [9.17, 15) is 4.79 Å². The molecule has 192 valence electrons. The summed E-state index contributed by atoms with van der Waals surface area (Å²) in [5.74, 6) is 1.36. The Balaban J connectivity index is 1.43. The highest BCUT2D eigenvalue weighted by Crippen LogP contribution is 2.36. The van der Waals surface area contributed by atoms with Crippen LogP contribution in [0.2, 0.25) is 0 Å². The molecule has 6 nitrogen and oxygen atoms in total. The molecule has 2 aromatic carbocycles. The number of nitrogens with zero attached hydrogens (tertiary/aromatic N) is 3. The van der Waals surface area contributed by atoms with Gasteiger partial charge in [-0.25, -0.2) is 4.68 Å². The van der Waals surface area contributed by atoms with E-state index in [0.29, 0.717) is 28.3 Å². The number of benzene rings is 2. The summed E-state index contributed by atoms with van der Waals surface area (Å²) in [7, 11) is 0. The van der Waals surface area contributed by atoms with Gasteiger partial charge < -0.3 is 9.47 Å². The number of carbonyl (C=O) groups excluding carboxylic acids is 1. The predicted octanol–water partition coefficient (Wildman–Crippen LogP) is 6.34. The number of ether oxygens (including phenoxy) is 2. The monoisotopic (exact) mass is 533 g/mol. The Morgan fingerprint density at radius 1 is 1.19 bits per heavy atom. The summed E-state index contributed by atoms with van der Waals surface area (Å²) < 4.78 is 14.1. The summed E-state index contributed by atoms with van der Waals surface area (Å²) >= 11 is 6.89. The Hall–Kier alpha value is -2.94. The third-order valence-corrected chi connectivity index (χ3v) is 7.80. The average Bonchev–Trinajstić information content (AvgIpc) is 3.62. The molecule has 0 aliphatic carbocycles. The molecule has 0 radical (unpaired) electrons. The molecule has 2 aliphatic rings. The molecule has 5 rings (SSSR count). The Kier molecular flexibility index (Phi) is 8.08. The Bertz CT molecular complexity index is 1280. The number of rotatable bonds is 9. The number of hydrogen-bond acceptors (Lipinski definition) is 6. The highest BCUT2D eigenvalue weighted by Gasteiger charge is 2.35. The summed E-state index contributed by atoms with van der Waals surface area (Å²) in [6, 6.07) is 17.9. The molecule has 0 bridgehead atoms. The molecule has 8 heteroatoms. The molecule has 2 saturated heterocycles. The minimum absolute atomic E-state index is 0.0551. The number of thiocarbonyl (C=S) groups is 1. The lowest BCUT2D eigenvalue weighted by atomic mass is 10.1. The fraction of sp³-hybridized carbons (Fsp3) is 0.345. The van der Waals surface area contributed by atoms with E-state index < -0.39 is 0 Å². The number of aromatic nitrogens is 2. The van der Waals surface area contributed by atoms with Crippen molar-refractivity contribution in [1.82, 2.24) is 14.7 Å². The van der Waals surface area contributed by atoms with E-state index in [4.69, 9.17) is 26.8 Å². The molecular weight excluding hydrogens is 502 g/mol. The highest BCUT2D eigenvalue weighted by molar-refractivity contribution is 8.26. The maximum Gasteiger partial charge on any atom is 0.266 e. The number of thioether (sulfide) groups is 1. The Morgan fingerprint density at radius 2 is 1.97 bits per heavy atom. The first kappa shape index (κ1) is 25.7. The fourth-order valence-corrected chi connectivity index (χ4v) is 5.61. The molecule has 37 heavy (non-hydrogen) atoms. The minimum Gasteiger partial charge on any atom is -0.494 e. The molecule has 2 fully saturated rings. The van der Waals surface area contributed by atoms with Crippen LogP contribution in [0.15, 0.2) is 65.7 Å². The summed E-state index contributed by atoms with van der Waals surface area (Å²) in [5, 5.41) is 4.90. The summed E-state index contributed by atoms with van der Waals surface area (Å²) in [6.45, 7) is 6.33. The van der Waals surface area contributed by atoms with Crippen molar-refractivity contribution in [2.24, 2.45) is 5.92 Å². The highest BCUT2D eigenvalue weighted by atomic mass is 32.2. The molecule has 0 spiro atoms. The van der Waals surface area contributed by atoms with Gasteiger partial charge in [0.2, 0.25) is 0 Å². The van der Waals surface area contributed by atoms with Gasteiger partial charge in [-0.2, -0.15) is 5.10 Å². The van der Waals surface area contributed by atoms with Gasteiger partial charge in [-0.3, -0.25) is 9.69 Å². The van der Waals surface area contributed by atoms with Crippen LogP contribution in [0.3, 0.4) is 0 Å². The van der Waals surface area contributed by atoms with E-state index >= 15 is 0 Å². The lowest BCUT2D eigenvalue weighted by Gasteiger charge is -2.18.